The van der Waals surface area contributed by atoms with E-state index in [9.17, 15) is 14.9 Å². The van der Waals surface area contributed by atoms with Crippen molar-refractivity contribution in [2.75, 3.05) is 17.2 Å². The summed E-state index contributed by atoms with van der Waals surface area (Å²) in [7, 11) is 0. The summed E-state index contributed by atoms with van der Waals surface area (Å²) in [5, 5.41) is 18.7. The highest BCUT2D eigenvalue weighted by Gasteiger charge is 2.25. The molecule has 0 spiro atoms. The predicted octanol–water partition coefficient (Wildman–Crippen LogP) is 8.06. The quantitative estimate of drug-likeness (QED) is 0.0953. The zero-order chi connectivity index (χ0) is 27.2. The van der Waals surface area contributed by atoms with Gasteiger partial charge in [0.2, 0.25) is 0 Å². The molecule has 0 atom stereocenters. The number of hydrogen-bond donors (Lipinski definition) is 2. The Morgan fingerprint density at radius 3 is 2.42 bits per heavy atom. The average Bonchev–Trinajstić information content (AvgIpc) is 3.21. The number of nitrogens with zero attached hydrogens (tertiary/aromatic N) is 1. The minimum Gasteiger partial charge on any atom is -0.462 e. The van der Waals surface area contributed by atoms with Crippen LogP contribution in [-0.4, -0.2) is 22.6 Å². The maximum Gasteiger partial charge on any atom is 0.341 e. The van der Waals surface area contributed by atoms with Crippen LogP contribution in [0.3, 0.4) is 0 Å². The molecule has 1 aromatic heterocycles. The molecule has 0 aliphatic carbocycles. The fourth-order valence-electron chi connectivity index (χ4n) is 3.71. The Hall–Kier alpha value is -3.99. The highest BCUT2D eigenvalue weighted by atomic mass is 35.5. The number of halogens is 1. The number of aryl methyl sites for hydroxylation is 1. The Morgan fingerprint density at radius 2 is 1.76 bits per heavy atom. The van der Waals surface area contributed by atoms with Crippen LogP contribution in [0.25, 0.3) is 11.1 Å². The van der Waals surface area contributed by atoms with Gasteiger partial charge in [-0.1, -0.05) is 41.9 Å². The molecule has 4 aromatic rings. The molecule has 11 heteroatoms. The van der Waals surface area contributed by atoms with Crippen molar-refractivity contribution in [3.8, 4) is 22.6 Å². The summed E-state index contributed by atoms with van der Waals surface area (Å²) < 4.78 is 11.1. The molecule has 0 bridgehead atoms. The lowest BCUT2D eigenvalue weighted by molar-refractivity contribution is -0.384. The van der Waals surface area contributed by atoms with Crippen LogP contribution in [0.2, 0.25) is 5.02 Å². The number of esters is 1. The van der Waals surface area contributed by atoms with Gasteiger partial charge in [0, 0.05) is 27.6 Å². The van der Waals surface area contributed by atoms with E-state index in [-0.39, 0.29) is 23.2 Å². The number of nitro groups is 1. The molecular formula is C27H22ClN3O5S2. The number of ether oxygens (including phenoxy) is 2. The number of benzene rings is 3. The lowest BCUT2D eigenvalue weighted by Crippen LogP contribution is -2.20. The van der Waals surface area contributed by atoms with Crippen LogP contribution in [-0.2, 0) is 4.74 Å². The normalized spacial score (nSPS) is 10.5. The van der Waals surface area contributed by atoms with Gasteiger partial charge in [-0.2, -0.15) is 0 Å². The Labute approximate surface area is 233 Å². The molecule has 3 aromatic carbocycles. The summed E-state index contributed by atoms with van der Waals surface area (Å²) in [5.41, 5.74) is 2.14. The molecule has 2 N–H and O–H groups in total. The van der Waals surface area contributed by atoms with Crippen LogP contribution in [0.4, 0.5) is 16.4 Å². The number of rotatable bonds is 8. The van der Waals surface area contributed by atoms with Crippen molar-refractivity contribution in [3.63, 3.8) is 0 Å². The summed E-state index contributed by atoms with van der Waals surface area (Å²) in [6.45, 7) is 3.87. The number of nitrogens with one attached hydrogen (secondary N) is 2. The standard InChI is InChI=1S/C27H22ClN3O5S2/c1-3-35-26(32)24-23(17-7-5-4-6-8-17)16(2)38-25(24)30-27(37)29-19-13-20(31(33)34)15-22(14-19)36-21-11-9-18(28)10-12-21/h4-15H,3H2,1-2H3,(H2,29,30,37). The first-order chi connectivity index (χ1) is 18.2. The lowest BCUT2D eigenvalue weighted by atomic mass is 10.0. The van der Waals surface area contributed by atoms with Gasteiger partial charge in [-0.05, 0) is 55.9 Å². The van der Waals surface area contributed by atoms with Gasteiger partial charge in [-0.25, -0.2) is 4.79 Å². The Bertz CT molecular complexity index is 1490. The van der Waals surface area contributed by atoms with E-state index in [4.69, 9.17) is 33.3 Å². The number of thiocarbonyl (C=S) groups is 1. The monoisotopic (exact) mass is 567 g/mol. The zero-order valence-corrected chi connectivity index (χ0v) is 22.7. The SMILES string of the molecule is CCOC(=O)c1c(NC(=S)Nc2cc(Oc3ccc(Cl)cc3)cc([N+](=O)[O-])c2)sc(C)c1-c1ccccc1. The molecule has 0 aliphatic rings. The Morgan fingerprint density at radius 1 is 1.05 bits per heavy atom. The first-order valence-electron chi connectivity index (χ1n) is 11.4. The van der Waals surface area contributed by atoms with Crippen molar-refractivity contribution in [2.24, 2.45) is 0 Å². The fourth-order valence-corrected chi connectivity index (χ4v) is 5.19. The van der Waals surface area contributed by atoms with Gasteiger partial charge in [-0.3, -0.25) is 10.1 Å². The molecule has 8 nitrogen and oxygen atoms in total. The molecule has 194 valence electrons. The third-order valence-electron chi connectivity index (χ3n) is 5.26. The Balaban J connectivity index is 1.62. The van der Waals surface area contributed by atoms with Crippen molar-refractivity contribution in [3.05, 3.63) is 98.4 Å². The number of anilines is 2. The van der Waals surface area contributed by atoms with Crippen LogP contribution in [0.15, 0.2) is 72.8 Å². The van der Waals surface area contributed by atoms with Crippen LogP contribution in [0.5, 0.6) is 11.5 Å². The Kier molecular flexibility index (Phi) is 8.57. The van der Waals surface area contributed by atoms with Crippen molar-refractivity contribution in [1.29, 1.82) is 0 Å². The molecule has 0 amide bonds. The van der Waals surface area contributed by atoms with Crippen LogP contribution >= 0.6 is 35.2 Å². The van der Waals surface area contributed by atoms with E-state index < -0.39 is 10.9 Å². The smallest absolute Gasteiger partial charge is 0.341 e. The second-order valence-electron chi connectivity index (χ2n) is 7.93. The van der Waals surface area contributed by atoms with Crippen molar-refractivity contribution < 1.29 is 19.2 Å². The molecule has 38 heavy (non-hydrogen) atoms. The number of non-ortho nitro benzene ring substituents is 1. The lowest BCUT2D eigenvalue weighted by Gasteiger charge is -2.13. The predicted molar refractivity (Wildman–Crippen MR) is 155 cm³/mol. The second kappa shape index (κ2) is 12.0. The molecule has 0 aliphatic heterocycles. The van der Waals surface area contributed by atoms with Gasteiger partial charge in [0.15, 0.2) is 5.11 Å². The van der Waals surface area contributed by atoms with Crippen molar-refractivity contribution in [1.82, 2.24) is 0 Å². The largest absolute Gasteiger partial charge is 0.462 e. The minimum atomic E-state index is -0.524. The van der Waals surface area contributed by atoms with E-state index in [1.165, 1.54) is 23.5 Å². The van der Waals surface area contributed by atoms with E-state index in [0.29, 0.717) is 27.0 Å². The van der Waals surface area contributed by atoms with E-state index >= 15 is 0 Å². The number of hydrogen-bond acceptors (Lipinski definition) is 7. The summed E-state index contributed by atoms with van der Waals surface area (Å²) in [6, 6.07) is 20.4. The molecule has 0 unspecified atom stereocenters. The maximum atomic E-state index is 13.0. The zero-order valence-electron chi connectivity index (χ0n) is 20.3. The van der Waals surface area contributed by atoms with Gasteiger partial charge in [0.05, 0.1) is 23.3 Å². The van der Waals surface area contributed by atoms with Gasteiger partial charge in [-0.15, -0.1) is 11.3 Å². The maximum absolute atomic E-state index is 13.0. The highest BCUT2D eigenvalue weighted by Crippen LogP contribution is 2.40. The van der Waals surface area contributed by atoms with Crippen molar-refractivity contribution >= 4 is 62.6 Å². The van der Waals surface area contributed by atoms with Crippen LogP contribution in [0, 0.1) is 17.0 Å². The summed E-state index contributed by atoms with van der Waals surface area (Å²) in [4.78, 5) is 24.9. The van der Waals surface area contributed by atoms with Crippen LogP contribution < -0.4 is 15.4 Å². The molecule has 4 rings (SSSR count). The third kappa shape index (κ3) is 6.46. The third-order valence-corrected chi connectivity index (χ3v) is 6.74. The first kappa shape index (κ1) is 27.1. The highest BCUT2D eigenvalue weighted by molar-refractivity contribution is 7.80. The number of carbonyl (C=O) groups is 1. The number of nitro benzene ring substituents is 1. The molecule has 1 heterocycles. The molecule has 0 fully saturated rings. The topological polar surface area (TPSA) is 103 Å². The van der Waals surface area contributed by atoms with Gasteiger partial charge >= 0.3 is 5.97 Å². The molecular weight excluding hydrogens is 546 g/mol. The minimum absolute atomic E-state index is 0.134. The van der Waals surface area contributed by atoms with Crippen LogP contribution in [0.1, 0.15) is 22.2 Å². The average molecular weight is 568 g/mol. The second-order valence-corrected chi connectivity index (χ2v) is 10.0. The molecule has 0 radical (unpaired) electrons. The van der Waals surface area contributed by atoms with E-state index in [2.05, 4.69) is 10.6 Å². The fraction of sp³-hybridized carbons (Fsp3) is 0.111. The van der Waals surface area contributed by atoms with Gasteiger partial charge < -0.3 is 20.1 Å². The van der Waals surface area contributed by atoms with Gasteiger partial charge in [0.25, 0.3) is 5.69 Å². The van der Waals surface area contributed by atoms with E-state index in [1.807, 2.05) is 37.3 Å². The first-order valence-corrected chi connectivity index (χ1v) is 13.0. The molecule has 0 saturated carbocycles. The number of thiophene rings is 1. The van der Waals surface area contributed by atoms with Crippen molar-refractivity contribution in [2.45, 2.75) is 13.8 Å². The number of carbonyl (C=O) groups excluding carboxylic acids is 1. The summed E-state index contributed by atoms with van der Waals surface area (Å²) in [5.74, 6) is 0.218. The van der Waals surface area contributed by atoms with E-state index in [0.717, 1.165) is 16.0 Å². The molecule has 0 saturated heterocycles. The summed E-state index contributed by atoms with van der Waals surface area (Å²) >= 11 is 12.8. The summed E-state index contributed by atoms with van der Waals surface area (Å²) in [6.07, 6.45) is 0. The van der Waals surface area contributed by atoms with Gasteiger partial charge in [0.1, 0.15) is 22.1 Å². The van der Waals surface area contributed by atoms with E-state index in [1.54, 1.807) is 37.3 Å².